The Hall–Kier alpha value is -1.37. The van der Waals surface area contributed by atoms with Gasteiger partial charge in [0.15, 0.2) is 0 Å². The van der Waals surface area contributed by atoms with Gasteiger partial charge in [0.2, 0.25) is 0 Å². The van der Waals surface area contributed by atoms with E-state index in [0.29, 0.717) is 5.69 Å². The molecule has 2 rings (SSSR count). The average Bonchev–Trinajstić information content (AvgIpc) is 2.85. The van der Waals surface area contributed by atoms with Crippen LogP contribution in [0.5, 0.6) is 0 Å². The van der Waals surface area contributed by atoms with Crippen LogP contribution < -0.4 is 4.31 Å². The average molecular weight is 269 g/mol. The third-order valence-corrected chi connectivity index (χ3v) is 5.35. The summed E-state index contributed by atoms with van der Waals surface area (Å²) in [4.78, 5) is 0. The zero-order chi connectivity index (χ0) is 12.3. The van der Waals surface area contributed by atoms with Crippen LogP contribution in [-0.2, 0) is 10.0 Å². The van der Waals surface area contributed by atoms with Gasteiger partial charge in [0.25, 0.3) is 10.0 Å². The van der Waals surface area contributed by atoms with Gasteiger partial charge >= 0.3 is 0 Å². The van der Waals surface area contributed by atoms with Gasteiger partial charge in [-0.15, -0.1) is 11.3 Å². The van der Waals surface area contributed by atoms with Gasteiger partial charge in [0.05, 0.1) is 5.69 Å². The molecule has 1 aromatic heterocycles. The summed E-state index contributed by atoms with van der Waals surface area (Å²) in [5.74, 6) is 0. The Morgan fingerprint density at radius 1 is 1.12 bits per heavy atom. The van der Waals surface area contributed by atoms with Gasteiger partial charge in [-0.25, -0.2) is 12.7 Å². The Morgan fingerprint density at radius 3 is 2.35 bits per heavy atom. The standard InChI is InChI=1S/C11H11NO3S2/c13-9-12(10-5-2-1-3-6-10)17(14,15)11-7-4-8-16-11/h1-8,13H,9H2. The number of thiophene rings is 1. The maximum Gasteiger partial charge on any atom is 0.275 e. The predicted octanol–water partition coefficient (Wildman–Crippen LogP) is 1.89. The molecule has 0 amide bonds. The van der Waals surface area contributed by atoms with Gasteiger partial charge < -0.3 is 5.11 Å². The highest BCUT2D eigenvalue weighted by Crippen LogP contribution is 2.25. The molecule has 0 bridgehead atoms. The fraction of sp³-hybridized carbons (Fsp3) is 0.0909. The van der Waals surface area contributed by atoms with Crippen molar-refractivity contribution in [1.29, 1.82) is 0 Å². The van der Waals surface area contributed by atoms with E-state index in [4.69, 9.17) is 0 Å². The molecule has 1 N–H and O–H groups in total. The van der Waals surface area contributed by atoms with Crippen molar-refractivity contribution in [2.24, 2.45) is 0 Å². The molecule has 0 aliphatic rings. The number of hydrogen-bond donors (Lipinski definition) is 1. The third kappa shape index (κ3) is 2.33. The number of nitrogens with zero attached hydrogens (tertiary/aromatic N) is 1. The van der Waals surface area contributed by atoms with Crippen molar-refractivity contribution >= 4 is 27.0 Å². The first-order valence-corrected chi connectivity index (χ1v) is 7.20. The zero-order valence-electron chi connectivity index (χ0n) is 8.85. The van der Waals surface area contributed by atoms with Gasteiger partial charge in [0, 0.05) is 0 Å². The van der Waals surface area contributed by atoms with Gasteiger partial charge in [-0.2, -0.15) is 0 Å². The topological polar surface area (TPSA) is 57.6 Å². The van der Waals surface area contributed by atoms with Crippen molar-refractivity contribution in [2.75, 3.05) is 11.0 Å². The number of benzene rings is 1. The van der Waals surface area contributed by atoms with Crippen LogP contribution in [0.25, 0.3) is 0 Å². The molecule has 0 saturated carbocycles. The molecule has 0 unspecified atom stereocenters. The molecule has 4 nitrogen and oxygen atoms in total. The van der Waals surface area contributed by atoms with E-state index < -0.39 is 16.8 Å². The van der Waals surface area contributed by atoms with Crippen molar-refractivity contribution in [3.05, 3.63) is 47.8 Å². The van der Waals surface area contributed by atoms with Gasteiger partial charge in [0.1, 0.15) is 10.9 Å². The Kier molecular flexibility index (Phi) is 3.46. The van der Waals surface area contributed by atoms with Crippen LogP contribution in [0.1, 0.15) is 0 Å². The maximum absolute atomic E-state index is 12.2. The quantitative estimate of drug-likeness (QED) is 0.862. The summed E-state index contributed by atoms with van der Waals surface area (Å²) in [5.41, 5.74) is 0.448. The summed E-state index contributed by atoms with van der Waals surface area (Å²) in [6.07, 6.45) is 0. The molecule has 0 saturated heterocycles. The molecule has 0 radical (unpaired) electrons. The van der Waals surface area contributed by atoms with Gasteiger partial charge in [-0.05, 0) is 23.6 Å². The van der Waals surface area contributed by atoms with E-state index >= 15 is 0 Å². The second kappa shape index (κ2) is 4.87. The minimum Gasteiger partial charge on any atom is -0.375 e. The van der Waals surface area contributed by atoms with Crippen molar-refractivity contribution in [3.8, 4) is 0 Å². The van der Waals surface area contributed by atoms with E-state index in [1.807, 2.05) is 0 Å². The first kappa shape index (κ1) is 12.1. The number of para-hydroxylation sites is 1. The molecule has 90 valence electrons. The summed E-state index contributed by atoms with van der Waals surface area (Å²) in [6, 6.07) is 11.7. The summed E-state index contributed by atoms with van der Waals surface area (Å²) in [6.45, 7) is -0.579. The lowest BCUT2D eigenvalue weighted by molar-refractivity contribution is 0.309. The Labute approximate surface area is 104 Å². The normalized spacial score (nSPS) is 11.4. The maximum atomic E-state index is 12.2. The molecule has 17 heavy (non-hydrogen) atoms. The van der Waals surface area contributed by atoms with E-state index in [0.717, 1.165) is 15.6 Å². The van der Waals surface area contributed by atoms with Crippen LogP contribution >= 0.6 is 11.3 Å². The van der Waals surface area contributed by atoms with Crippen LogP contribution in [0.3, 0.4) is 0 Å². The first-order chi connectivity index (χ1) is 8.16. The van der Waals surface area contributed by atoms with Crippen molar-refractivity contribution in [2.45, 2.75) is 4.21 Å². The molecule has 0 fully saturated rings. The monoisotopic (exact) mass is 269 g/mol. The highest BCUT2D eigenvalue weighted by Gasteiger charge is 2.24. The molecule has 2 aromatic rings. The molecule has 0 aliphatic heterocycles. The van der Waals surface area contributed by atoms with E-state index in [1.54, 1.807) is 41.8 Å². The number of sulfonamides is 1. The molecular weight excluding hydrogens is 258 g/mol. The second-order valence-electron chi connectivity index (χ2n) is 3.26. The molecule has 6 heteroatoms. The largest absolute Gasteiger partial charge is 0.375 e. The van der Waals surface area contributed by atoms with Crippen molar-refractivity contribution < 1.29 is 13.5 Å². The minimum atomic E-state index is -3.66. The smallest absolute Gasteiger partial charge is 0.275 e. The molecule has 0 spiro atoms. The zero-order valence-corrected chi connectivity index (χ0v) is 10.5. The van der Waals surface area contributed by atoms with Crippen LogP contribution in [-0.4, -0.2) is 20.3 Å². The van der Waals surface area contributed by atoms with E-state index in [1.165, 1.54) is 6.07 Å². The fourth-order valence-electron chi connectivity index (χ4n) is 1.41. The number of anilines is 1. The number of aliphatic hydroxyl groups is 1. The molecule has 1 aromatic carbocycles. The lowest BCUT2D eigenvalue weighted by Gasteiger charge is -2.20. The number of hydrogen-bond acceptors (Lipinski definition) is 4. The third-order valence-electron chi connectivity index (χ3n) is 2.21. The molecule has 0 aliphatic carbocycles. The van der Waals surface area contributed by atoms with Crippen LogP contribution in [0.4, 0.5) is 5.69 Å². The number of rotatable bonds is 4. The predicted molar refractivity (Wildman–Crippen MR) is 67.5 cm³/mol. The molecule has 0 atom stereocenters. The van der Waals surface area contributed by atoms with E-state index in [9.17, 15) is 13.5 Å². The highest BCUT2D eigenvalue weighted by atomic mass is 32.2. The van der Waals surface area contributed by atoms with Crippen molar-refractivity contribution in [1.82, 2.24) is 0 Å². The Bertz CT molecular complexity index is 564. The van der Waals surface area contributed by atoms with E-state index in [2.05, 4.69) is 0 Å². The van der Waals surface area contributed by atoms with E-state index in [-0.39, 0.29) is 4.21 Å². The summed E-state index contributed by atoms with van der Waals surface area (Å²) in [5, 5.41) is 11.0. The van der Waals surface area contributed by atoms with Gasteiger partial charge in [-0.3, -0.25) is 0 Å². The number of aliphatic hydroxyl groups excluding tert-OH is 1. The Morgan fingerprint density at radius 2 is 1.82 bits per heavy atom. The highest BCUT2D eigenvalue weighted by molar-refractivity contribution is 7.94. The van der Waals surface area contributed by atoms with Crippen LogP contribution in [0.2, 0.25) is 0 Å². The molecule has 1 heterocycles. The summed E-state index contributed by atoms with van der Waals surface area (Å²) in [7, 11) is -3.66. The van der Waals surface area contributed by atoms with Crippen LogP contribution in [0.15, 0.2) is 52.1 Å². The Balaban J connectivity index is 2.44. The lowest BCUT2D eigenvalue weighted by atomic mass is 10.3. The summed E-state index contributed by atoms with van der Waals surface area (Å²) < 4.78 is 25.6. The van der Waals surface area contributed by atoms with Gasteiger partial charge in [-0.1, -0.05) is 24.3 Å². The molecular formula is C11H11NO3S2. The van der Waals surface area contributed by atoms with Crippen molar-refractivity contribution in [3.63, 3.8) is 0 Å². The summed E-state index contributed by atoms with van der Waals surface area (Å²) >= 11 is 1.13. The lowest BCUT2D eigenvalue weighted by Crippen LogP contribution is -2.31. The van der Waals surface area contributed by atoms with Crippen LogP contribution in [0, 0.1) is 0 Å². The first-order valence-electron chi connectivity index (χ1n) is 4.88. The minimum absolute atomic E-state index is 0.218. The SMILES string of the molecule is O=S(=O)(c1cccs1)N(CO)c1ccccc1. The fourth-order valence-corrected chi connectivity index (χ4v) is 3.80. The second-order valence-corrected chi connectivity index (χ2v) is 6.30.